The summed E-state index contributed by atoms with van der Waals surface area (Å²) < 4.78 is 5.09. The van der Waals surface area contributed by atoms with E-state index in [4.69, 9.17) is 16.3 Å². The summed E-state index contributed by atoms with van der Waals surface area (Å²) in [6.45, 7) is 3.43. The molecule has 1 saturated heterocycles. The zero-order chi connectivity index (χ0) is 30.4. The zero-order valence-electron chi connectivity index (χ0n) is 22.4. The Bertz CT molecular complexity index is 1610. The standard InChI is InChI=1S/C29H24ClN3O7S2/c1-3-12-40-28(36)21-15-19(7-10-22(21)30)31-26(34)16-32-27(35)25(42-29(32)37)14-18-6-11-24(23(13-18)33(38)39)41-20-8-4-17(2)5-9-20/h4-11,13-15H,3,12,16H2,1-2H3,(H,31,34). The van der Waals surface area contributed by atoms with E-state index in [2.05, 4.69) is 5.32 Å². The molecule has 1 heterocycles. The summed E-state index contributed by atoms with van der Waals surface area (Å²) in [5.74, 6) is -2.03. The van der Waals surface area contributed by atoms with Gasteiger partial charge in [0, 0.05) is 16.6 Å². The number of thioether (sulfide) groups is 1. The SMILES string of the molecule is CCCOC(=O)c1cc(NC(=O)CN2C(=O)SC(=Cc3ccc(Sc4ccc(C)cc4)c([N+](=O)[O-])c3)C2=O)ccc1Cl. The van der Waals surface area contributed by atoms with Crippen LogP contribution < -0.4 is 5.32 Å². The van der Waals surface area contributed by atoms with Gasteiger partial charge in [-0.1, -0.05) is 54.0 Å². The quantitative estimate of drug-likeness (QED) is 0.110. The summed E-state index contributed by atoms with van der Waals surface area (Å²) in [4.78, 5) is 63.8. The normalized spacial score (nSPS) is 13.9. The molecule has 42 heavy (non-hydrogen) atoms. The van der Waals surface area contributed by atoms with Gasteiger partial charge in [-0.15, -0.1) is 0 Å². The van der Waals surface area contributed by atoms with Gasteiger partial charge in [-0.25, -0.2) is 4.79 Å². The van der Waals surface area contributed by atoms with Gasteiger partial charge in [0.25, 0.3) is 16.8 Å². The maximum Gasteiger partial charge on any atom is 0.339 e. The van der Waals surface area contributed by atoms with Gasteiger partial charge in [0.2, 0.25) is 5.91 Å². The van der Waals surface area contributed by atoms with Crippen LogP contribution in [0.2, 0.25) is 5.02 Å². The van der Waals surface area contributed by atoms with Gasteiger partial charge in [-0.2, -0.15) is 0 Å². The van der Waals surface area contributed by atoms with Crippen LogP contribution in [0.5, 0.6) is 0 Å². The highest BCUT2D eigenvalue weighted by Gasteiger charge is 2.36. The monoisotopic (exact) mass is 625 g/mol. The van der Waals surface area contributed by atoms with Crippen LogP contribution >= 0.6 is 35.1 Å². The van der Waals surface area contributed by atoms with E-state index < -0.39 is 34.5 Å². The number of nitro groups is 1. The molecule has 1 aliphatic heterocycles. The highest BCUT2D eigenvalue weighted by atomic mass is 35.5. The number of ether oxygens (including phenoxy) is 1. The lowest BCUT2D eigenvalue weighted by Gasteiger charge is -2.13. The largest absolute Gasteiger partial charge is 0.462 e. The molecule has 0 aromatic heterocycles. The van der Waals surface area contributed by atoms with Crippen molar-refractivity contribution in [1.29, 1.82) is 0 Å². The minimum atomic E-state index is -0.708. The van der Waals surface area contributed by atoms with Gasteiger partial charge in [-0.05, 0) is 73.1 Å². The number of carbonyl (C=O) groups is 4. The summed E-state index contributed by atoms with van der Waals surface area (Å²) in [5, 5.41) is 13.8. The molecular formula is C29H24ClN3O7S2. The van der Waals surface area contributed by atoms with Crippen LogP contribution in [0.4, 0.5) is 16.2 Å². The molecule has 0 unspecified atom stereocenters. The predicted molar refractivity (Wildman–Crippen MR) is 162 cm³/mol. The second-order valence-corrected chi connectivity index (χ2v) is 11.6. The van der Waals surface area contributed by atoms with Crippen LogP contribution in [0.25, 0.3) is 6.08 Å². The van der Waals surface area contributed by atoms with Crippen molar-refractivity contribution in [2.45, 2.75) is 30.1 Å². The Morgan fingerprint density at radius 3 is 2.55 bits per heavy atom. The number of nitrogens with one attached hydrogen (secondary N) is 1. The first-order chi connectivity index (χ1) is 20.0. The number of halogens is 1. The van der Waals surface area contributed by atoms with E-state index in [0.717, 1.165) is 15.4 Å². The number of imide groups is 1. The Morgan fingerprint density at radius 2 is 1.86 bits per heavy atom. The third-order valence-corrected chi connectivity index (χ3v) is 8.12. The Hall–Kier alpha value is -4.13. The molecule has 1 aliphatic rings. The topological polar surface area (TPSA) is 136 Å². The van der Waals surface area contributed by atoms with Gasteiger partial charge in [0.1, 0.15) is 6.54 Å². The number of amides is 3. The van der Waals surface area contributed by atoms with Gasteiger partial charge in [0.05, 0.1) is 31.9 Å². The number of anilines is 1. The Morgan fingerprint density at radius 1 is 1.12 bits per heavy atom. The molecule has 3 amide bonds. The fourth-order valence-electron chi connectivity index (χ4n) is 3.75. The highest BCUT2D eigenvalue weighted by Crippen LogP contribution is 2.37. The first kappa shape index (κ1) is 30.8. The molecule has 0 radical (unpaired) electrons. The maximum absolute atomic E-state index is 13.0. The van der Waals surface area contributed by atoms with E-state index in [-0.39, 0.29) is 33.5 Å². The van der Waals surface area contributed by atoms with Crippen molar-refractivity contribution in [3.8, 4) is 0 Å². The van der Waals surface area contributed by atoms with Crippen molar-refractivity contribution in [3.63, 3.8) is 0 Å². The lowest BCUT2D eigenvalue weighted by Crippen LogP contribution is -2.36. The molecular weight excluding hydrogens is 602 g/mol. The van der Waals surface area contributed by atoms with Crippen LogP contribution in [0.1, 0.15) is 34.8 Å². The number of nitro benzene ring substituents is 1. The molecule has 1 fully saturated rings. The van der Waals surface area contributed by atoms with Crippen LogP contribution in [0.3, 0.4) is 0 Å². The molecule has 0 spiro atoms. The Kier molecular flexibility index (Phi) is 10.0. The molecule has 0 saturated carbocycles. The van der Waals surface area contributed by atoms with Crippen molar-refractivity contribution >= 4 is 75.6 Å². The molecule has 0 bridgehead atoms. The van der Waals surface area contributed by atoms with Crippen molar-refractivity contribution in [3.05, 3.63) is 97.4 Å². The molecule has 1 N–H and O–H groups in total. The summed E-state index contributed by atoms with van der Waals surface area (Å²) >= 11 is 7.96. The van der Waals surface area contributed by atoms with Crippen molar-refractivity contribution < 1.29 is 28.8 Å². The molecule has 0 aliphatic carbocycles. The van der Waals surface area contributed by atoms with Crippen LogP contribution in [0, 0.1) is 17.0 Å². The van der Waals surface area contributed by atoms with Crippen LogP contribution in [0.15, 0.2) is 75.4 Å². The average Bonchev–Trinajstić information content (AvgIpc) is 3.21. The first-order valence-electron chi connectivity index (χ1n) is 12.6. The maximum atomic E-state index is 13.0. The Labute approximate surface area is 254 Å². The molecule has 3 aromatic carbocycles. The number of hydrogen-bond donors (Lipinski definition) is 1. The third-order valence-electron chi connectivity index (χ3n) is 5.81. The summed E-state index contributed by atoms with van der Waals surface area (Å²) in [6.07, 6.45) is 2.00. The van der Waals surface area contributed by atoms with Crippen LogP contribution in [-0.4, -0.2) is 46.0 Å². The number of carbonyl (C=O) groups excluding carboxylic acids is 4. The molecule has 216 valence electrons. The Balaban J connectivity index is 1.46. The smallest absolute Gasteiger partial charge is 0.339 e. The van der Waals surface area contributed by atoms with Crippen molar-refractivity contribution in [2.24, 2.45) is 0 Å². The minimum absolute atomic E-state index is 0.0217. The number of rotatable bonds is 10. The number of benzene rings is 3. The van der Waals surface area contributed by atoms with E-state index in [1.807, 2.05) is 38.1 Å². The van der Waals surface area contributed by atoms with E-state index in [1.54, 1.807) is 12.1 Å². The second-order valence-electron chi connectivity index (χ2n) is 9.05. The van der Waals surface area contributed by atoms with E-state index in [9.17, 15) is 29.3 Å². The van der Waals surface area contributed by atoms with E-state index in [0.29, 0.717) is 28.6 Å². The van der Waals surface area contributed by atoms with Crippen molar-refractivity contribution in [1.82, 2.24) is 4.90 Å². The predicted octanol–water partition coefficient (Wildman–Crippen LogP) is 6.95. The van der Waals surface area contributed by atoms with Gasteiger partial charge in [-0.3, -0.25) is 29.4 Å². The summed E-state index contributed by atoms with van der Waals surface area (Å²) in [7, 11) is 0. The van der Waals surface area contributed by atoms with Crippen molar-refractivity contribution in [2.75, 3.05) is 18.5 Å². The number of aryl methyl sites for hydroxylation is 1. The average molecular weight is 626 g/mol. The van der Waals surface area contributed by atoms with E-state index >= 15 is 0 Å². The second kappa shape index (κ2) is 13.7. The fourth-order valence-corrected chi connectivity index (χ4v) is 5.68. The fraction of sp³-hybridized carbons (Fsp3) is 0.172. The summed E-state index contributed by atoms with van der Waals surface area (Å²) in [6, 6.07) is 16.4. The van der Waals surface area contributed by atoms with Crippen LogP contribution in [-0.2, 0) is 14.3 Å². The van der Waals surface area contributed by atoms with Gasteiger partial charge < -0.3 is 10.1 Å². The zero-order valence-corrected chi connectivity index (χ0v) is 24.8. The number of esters is 1. The lowest BCUT2D eigenvalue weighted by atomic mass is 10.2. The molecule has 3 aromatic rings. The number of hydrogen-bond acceptors (Lipinski definition) is 9. The minimum Gasteiger partial charge on any atom is -0.462 e. The van der Waals surface area contributed by atoms with Gasteiger partial charge >= 0.3 is 5.97 Å². The molecule has 0 atom stereocenters. The van der Waals surface area contributed by atoms with E-state index in [1.165, 1.54) is 42.1 Å². The molecule has 10 nitrogen and oxygen atoms in total. The first-order valence-corrected chi connectivity index (χ1v) is 14.6. The summed E-state index contributed by atoms with van der Waals surface area (Å²) in [5.41, 5.74) is 1.57. The third kappa shape index (κ3) is 7.58. The lowest BCUT2D eigenvalue weighted by molar-refractivity contribution is -0.387. The van der Waals surface area contributed by atoms with Gasteiger partial charge in [0.15, 0.2) is 0 Å². The highest BCUT2D eigenvalue weighted by molar-refractivity contribution is 8.18. The number of nitrogens with zero attached hydrogens (tertiary/aromatic N) is 2. The molecule has 13 heteroatoms. The molecule has 4 rings (SSSR count).